The fourth-order valence-electron chi connectivity index (χ4n) is 0.895. The molecule has 17 heavy (non-hydrogen) atoms. The molecule has 0 aliphatic carbocycles. The van der Waals surface area contributed by atoms with E-state index in [1.807, 2.05) is 0 Å². The Kier molecular flexibility index (Phi) is 4.89. The van der Waals surface area contributed by atoms with Crippen molar-refractivity contribution in [2.24, 2.45) is 0 Å². The average molecular weight is 303 g/mol. The number of hydrogen-bond acceptors (Lipinski definition) is 4. The molecule has 0 saturated heterocycles. The summed E-state index contributed by atoms with van der Waals surface area (Å²) >= 11 is 5.62. The maximum atomic E-state index is 11.1. The van der Waals surface area contributed by atoms with Crippen molar-refractivity contribution in [3.05, 3.63) is 34.9 Å². The first kappa shape index (κ1) is 14.8. The van der Waals surface area contributed by atoms with E-state index < -0.39 is 15.6 Å². The fourth-order valence-corrected chi connectivity index (χ4v) is 2.60. The standard InChI is InChI=1S/C7H9ClO7P2/c8-7-3-1-6(2-4-7)5-14-17(12,13)15-16(9,10)11/h1-4H,5H2,(H,12,13)(H2,9,10,11). The van der Waals surface area contributed by atoms with E-state index in [9.17, 15) is 9.13 Å². The second kappa shape index (κ2) is 5.61. The first-order chi connectivity index (χ1) is 7.68. The zero-order valence-corrected chi connectivity index (χ0v) is 10.8. The molecule has 0 saturated carbocycles. The van der Waals surface area contributed by atoms with Gasteiger partial charge in [0.25, 0.3) is 0 Å². The van der Waals surface area contributed by atoms with Gasteiger partial charge in [-0.15, -0.1) is 0 Å². The number of benzene rings is 1. The SMILES string of the molecule is O=P(O)(O)OP(=O)(O)OCc1ccc(Cl)cc1. The van der Waals surface area contributed by atoms with Gasteiger partial charge in [0, 0.05) is 5.02 Å². The highest BCUT2D eigenvalue weighted by Gasteiger charge is 2.32. The smallest absolute Gasteiger partial charge is 0.302 e. The lowest BCUT2D eigenvalue weighted by Crippen LogP contribution is -1.94. The van der Waals surface area contributed by atoms with E-state index >= 15 is 0 Å². The Morgan fingerprint density at radius 2 is 1.65 bits per heavy atom. The largest absolute Gasteiger partial charge is 0.481 e. The molecule has 0 aliphatic heterocycles. The Labute approximate surface area is 102 Å². The highest BCUT2D eigenvalue weighted by molar-refractivity contribution is 7.60. The van der Waals surface area contributed by atoms with Crippen LogP contribution in [-0.2, 0) is 24.6 Å². The molecule has 0 amide bonds. The predicted octanol–water partition coefficient (Wildman–Crippen LogP) is 2.07. The van der Waals surface area contributed by atoms with Gasteiger partial charge < -0.3 is 14.7 Å². The van der Waals surface area contributed by atoms with Gasteiger partial charge in [-0.25, -0.2) is 9.13 Å². The Morgan fingerprint density at radius 1 is 1.12 bits per heavy atom. The molecule has 1 aromatic carbocycles. The van der Waals surface area contributed by atoms with Gasteiger partial charge in [0.05, 0.1) is 6.61 Å². The van der Waals surface area contributed by atoms with Crippen LogP contribution >= 0.6 is 27.2 Å². The first-order valence-electron chi connectivity index (χ1n) is 4.17. The number of phosphoric ester groups is 1. The van der Waals surface area contributed by atoms with Crippen molar-refractivity contribution in [1.29, 1.82) is 0 Å². The van der Waals surface area contributed by atoms with Crippen LogP contribution in [0.1, 0.15) is 5.56 Å². The predicted molar refractivity (Wildman–Crippen MR) is 59.2 cm³/mol. The number of rotatable bonds is 5. The van der Waals surface area contributed by atoms with Crippen LogP contribution in [0.4, 0.5) is 0 Å². The number of phosphoric acid groups is 2. The molecule has 0 fully saturated rings. The van der Waals surface area contributed by atoms with Crippen molar-refractivity contribution in [3.8, 4) is 0 Å². The van der Waals surface area contributed by atoms with Crippen LogP contribution in [0.25, 0.3) is 0 Å². The molecule has 0 spiro atoms. The van der Waals surface area contributed by atoms with Gasteiger partial charge in [0.2, 0.25) is 0 Å². The Bertz CT molecular complexity index is 468. The van der Waals surface area contributed by atoms with Crippen molar-refractivity contribution in [3.63, 3.8) is 0 Å². The maximum Gasteiger partial charge on any atom is 0.481 e. The summed E-state index contributed by atoms with van der Waals surface area (Å²) in [5.74, 6) is 0. The topological polar surface area (TPSA) is 113 Å². The molecule has 10 heteroatoms. The fraction of sp³-hybridized carbons (Fsp3) is 0.143. The van der Waals surface area contributed by atoms with Gasteiger partial charge in [0.1, 0.15) is 0 Å². The van der Waals surface area contributed by atoms with E-state index in [4.69, 9.17) is 26.3 Å². The van der Waals surface area contributed by atoms with E-state index in [0.717, 1.165) is 0 Å². The molecule has 0 aliphatic rings. The Balaban J connectivity index is 2.58. The Morgan fingerprint density at radius 3 is 2.12 bits per heavy atom. The first-order valence-corrected chi connectivity index (χ1v) is 7.57. The molecular formula is C7H9ClO7P2. The van der Waals surface area contributed by atoms with E-state index in [1.54, 1.807) is 0 Å². The van der Waals surface area contributed by atoms with Crippen molar-refractivity contribution >= 4 is 27.2 Å². The van der Waals surface area contributed by atoms with Crippen LogP contribution < -0.4 is 0 Å². The third-order valence-electron chi connectivity index (χ3n) is 1.52. The summed E-state index contributed by atoms with van der Waals surface area (Å²) in [7, 11) is -9.86. The minimum Gasteiger partial charge on any atom is -0.302 e. The van der Waals surface area contributed by atoms with Gasteiger partial charge in [-0.2, -0.15) is 4.31 Å². The summed E-state index contributed by atoms with van der Waals surface area (Å²) in [6, 6.07) is 6.12. The summed E-state index contributed by atoms with van der Waals surface area (Å²) in [5, 5.41) is 0.479. The van der Waals surface area contributed by atoms with E-state index in [2.05, 4.69) is 8.83 Å². The maximum absolute atomic E-state index is 11.1. The summed E-state index contributed by atoms with van der Waals surface area (Å²) < 4.78 is 29.4. The van der Waals surface area contributed by atoms with Crippen LogP contribution in [0.5, 0.6) is 0 Å². The minimum atomic E-state index is -5.08. The summed E-state index contributed by atoms with van der Waals surface area (Å²) in [6.07, 6.45) is 0. The Hall–Kier alpha value is -0.230. The summed E-state index contributed by atoms with van der Waals surface area (Å²) in [4.78, 5) is 25.7. The molecule has 0 aromatic heterocycles. The van der Waals surface area contributed by atoms with Gasteiger partial charge in [-0.1, -0.05) is 23.7 Å². The van der Waals surface area contributed by atoms with Crippen LogP contribution in [0, 0.1) is 0 Å². The molecular weight excluding hydrogens is 293 g/mol. The molecule has 3 N–H and O–H groups in total. The third-order valence-corrected chi connectivity index (χ3v) is 3.90. The molecule has 7 nitrogen and oxygen atoms in total. The van der Waals surface area contributed by atoms with Gasteiger partial charge in [0.15, 0.2) is 0 Å². The van der Waals surface area contributed by atoms with E-state index in [-0.39, 0.29) is 6.61 Å². The highest BCUT2D eigenvalue weighted by atomic mass is 35.5. The van der Waals surface area contributed by atoms with Gasteiger partial charge in [-0.05, 0) is 17.7 Å². The van der Waals surface area contributed by atoms with E-state index in [1.165, 1.54) is 24.3 Å². The molecule has 0 heterocycles. The molecule has 1 unspecified atom stereocenters. The normalized spacial score (nSPS) is 15.5. The van der Waals surface area contributed by atoms with Crippen molar-refractivity contribution in [1.82, 2.24) is 0 Å². The van der Waals surface area contributed by atoms with Crippen molar-refractivity contribution in [2.75, 3.05) is 0 Å². The zero-order valence-electron chi connectivity index (χ0n) is 8.26. The van der Waals surface area contributed by atoms with Crippen molar-refractivity contribution < 1.29 is 32.6 Å². The lowest BCUT2D eigenvalue weighted by atomic mass is 10.2. The monoisotopic (exact) mass is 302 g/mol. The molecule has 1 aromatic rings. The lowest BCUT2D eigenvalue weighted by Gasteiger charge is -2.12. The molecule has 96 valence electrons. The van der Waals surface area contributed by atoms with E-state index in [0.29, 0.717) is 10.6 Å². The van der Waals surface area contributed by atoms with Crippen LogP contribution in [0.3, 0.4) is 0 Å². The molecule has 1 atom stereocenters. The molecule has 0 bridgehead atoms. The van der Waals surface area contributed by atoms with Gasteiger partial charge >= 0.3 is 15.6 Å². The summed E-state index contributed by atoms with van der Waals surface area (Å²) in [5.41, 5.74) is 0.498. The molecule has 0 radical (unpaired) electrons. The lowest BCUT2D eigenvalue weighted by molar-refractivity contribution is 0.172. The highest BCUT2D eigenvalue weighted by Crippen LogP contribution is 2.57. The quantitative estimate of drug-likeness (QED) is 0.713. The van der Waals surface area contributed by atoms with Crippen LogP contribution in [-0.4, -0.2) is 14.7 Å². The van der Waals surface area contributed by atoms with Gasteiger partial charge in [-0.3, -0.25) is 4.52 Å². The second-order valence-corrected chi connectivity index (χ2v) is 6.21. The summed E-state index contributed by atoms with van der Waals surface area (Å²) in [6.45, 7) is -0.342. The molecule has 1 rings (SSSR count). The third kappa shape index (κ3) is 6.31. The second-order valence-electron chi connectivity index (χ2n) is 2.94. The van der Waals surface area contributed by atoms with Crippen LogP contribution in [0.2, 0.25) is 5.02 Å². The number of halogens is 1. The zero-order chi connectivity index (χ0) is 13.1. The number of hydrogen-bond donors (Lipinski definition) is 3. The van der Waals surface area contributed by atoms with Crippen molar-refractivity contribution in [2.45, 2.75) is 6.61 Å². The average Bonchev–Trinajstić information content (AvgIpc) is 2.13. The van der Waals surface area contributed by atoms with Crippen LogP contribution in [0.15, 0.2) is 24.3 Å². The minimum absolute atomic E-state index is 0.342.